The molecule has 1 saturated carbocycles. The number of hydrogen-bond acceptors (Lipinski definition) is 2. The van der Waals surface area contributed by atoms with Crippen LogP contribution in [0.2, 0.25) is 0 Å². The third-order valence-corrected chi connectivity index (χ3v) is 3.43. The van der Waals surface area contributed by atoms with E-state index < -0.39 is 0 Å². The van der Waals surface area contributed by atoms with Gasteiger partial charge in [-0.1, -0.05) is 42.5 Å². The van der Waals surface area contributed by atoms with Crippen molar-refractivity contribution in [3.8, 4) is 0 Å². The van der Waals surface area contributed by atoms with Gasteiger partial charge in [0.05, 0.1) is 0 Å². The smallest absolute Gasteiger partial charge is 0.0494 e. The van der Waals surface area contributed by atoms with Gasteiger partial charge < -0.3 is 0 Å². The molecule has 1 aliphatic rings. The Hall–Kier alpha value is -1.38. The average Bonchev–Trinajstić information content (AvgIpc) is 3.15. The molecular formula is C14H16N2. The van der Waals surface area contributed by atoms with Crippen LogP contribution in [0.3, 0.4) is 0 Å². The minimum Gasteiger partial charge on any atom is -0.271 e. The van der Waals surface area contributed by atoms with Gasteiger partial charge in [0.2, 0.25) is 0 Å². The summed E-state index contributed by atoms with van der Waals surface area (Å²) in [5.41, 5.74) is 4.31. The molecule has 0 amide bonds. The molecule has 0 heterocycles. The van der Waals surface area contributed by atoms with Crippen LogP contribution < -0.4 is 11.3 Å². The fraction of sp³-hybridized carbons (Fsp3) is 0.286. The minimum atomic E-state index is 0.311. The number of rotatable bonds is 3. The third kappa shape index (κ3) is 1.60. The van der Waals surface area contributed by atoms with Gasteiger partial charge in [-0.3, -0.25) is 11.3 Å². The van der Waals surface area contributed by atoms with Crippen molar-refractivity contribution in [3.63, 3.8) is 0 Å². The van der Waals surface area contributed by atoms with Crippen LogP contribution in [0.5, 0.6) is 0 Å². The van der Waals surface area contributed by atoms with E-state index >= 15 is 0 Å². The molecule has 0 radical (unpaired) electrons. The Balaban J connectivity index is 2.14. The summed E-state index contributed by atoms with van der Waals surface area (Å²) in [6.07, 6.45) is 2.58. The first-order chi connectivity index (χ1) is 7.90. The molecule has 2 aromatic rings. The Morgan fingerprint density at radius 1 is 1.06 bits per heavy atom. The van der Waals surface area contributed by atoms with E-state index in [2.05, 4.69) is 47.9 Å². The number of hydrogen-bond donors (Lipinski definition) is 2. The molecule has 2 heteroatoms. The summed E-state index contributed by atoms with van der Waals surface area (Å²) >= 11 is 0. The van der Waals surface area contributed by atoms with Crippen molar-refractivity contribution >= 4 is 10.8 Å². The maximum absolute atomic E-state index is 5.69. The lowest BCUT2D eigenvalue weighted by atomic mass is 9.96. The lowest BCUT2D eigenvalue weighted by molar-refractivity contribution is 0.500. The molecule has 16 heavy (non-hydrogen) atoms. The number of nitrogens with one attached hydrogen (secondary N) is 1. The predicted molar refractivity (Wildman–Crippen MR) is 66.7 cm³/mol. The van der Waals surface area contributed by atoms with Crippen molar-refractivity contribution in [1.82, 2.24) is 5.43 Å². The molecule has 1 atom stereocenters. The number of fused-ring (bicyclic) bond motifs is 1. The van der Waals surface area contributed by atoms with Crippen LogP contribution in [0.15, 0.2) is 42.5 Å². The number of benzene rings is 2. The summed E-state index contributed by atoms with van der Waals surface area (Å²) in [7, 11) is 0. The molecule has 1 aliphatic carbocycles. The number of hydrazine groups is 1. The Kier molecular flexibility index (Phi) is 2.39. The van der Waals surface area contributed by atoms with Crippen LogP contribution in [0.4, 0.5) is 0 Å². The zero-order valence-electron chi connectivity index (χ0n) is 9.19. The molecule has 1 unspecified atom stereocenters. The summed E-state index contributed by atoms with van der Waals surface area (Å²) < 4.78 is 0. The van der Waals surface area contributed by atoms with Crippen molar-refractivity contribution in [2.75, 3.05) is 0 Å². The first kappa shape index (κ1) is 9.82. The van der Waals surface area contributed by atoms with E-state index in [1.807, 2.05) is 0 Å². The summed E-state index contributed by atoms with van der Waals surface area (Å²) in [6.45, 7) is 0. The highest BCUT2D eigenvalue weighted by Gasteiger charge is 2.32. The van der Waals surface area contributed by atoms with E-state index in [1.54, 1.807) is 0 Å². The Morgan fingerprint density at radius 2 is 1.81 bits per heavy atom. The Morgan fingerprint density at radius 3 is 2.56 bits per heavy atom. The van der Waals surface area contributed by atoms with E-state index in [9.17, 15) is 0 Å². The van der Waals surface area contributed by atoms with E-state index in [0.29, 0.717) is 6.04 Å². The van der Waals surface area contributed by atoms with Crippen molar-refractivity contribution in [1.29, 1.82) is 0 Å². The second-order valence-electron chi connectivity index (χ2n) is 4.55. The molecule has 0 aromatic heterocycles. The summed E-state index contributed by atoms with van der Waals surface area (Å²) in [6, 6.07) is 15.3. The van der Waals surface area contributed by atoms with Gasteiger partial charge in [0.25, 0.3) is 0 Å². The molecular weight excluding hydrogens is 196 g/mol. The molecule has 0 aliphatic heterocycles. The van der Waals surface area contributed by atoms with Crippen molar-refractivity contribution in [3.05, 3.63) is 48.0 Å². The van der Waals surface area contributed by atoms with E-state index in [1.165, 1.54) is 29.2 Å². The first-order valence-corrected chi connectivity index (χ1v) is 5.84. The van der Waals surface area contributed by atoms with Gasteiger partial charge in [-0.15, -0.1) is 0 Å². The second-order valence-corrected chi connectivity index (χ2v) is 4.55. The van der Waals surface area contributed by atoms with Gasteiger partial charge in [0, 0.05) is 6.04 Å². The standard InChI is InChI=1S/C14H16N2/c15-16-14(11-8-9-11)13-7-3-5-10-4-1-2-6-12(10)13/h1-7,11,14,16H,8-9,15H2. The largest absolute Gasteiger partial charge is 0.271 e. The topological polar surface area (TPSA) is 38.0 Å². The Labute approximate surface area is 95.4 Å². The number of nitrogens with two attached hydrogens (primary N) is 1. The molecule has 0 spiro atoms. The summed E-state index contributed by atoms with van der Waals surface area (Å²) in [4.78, 5) is 0. The molecule has 0 saturated heterocycles. The van der Waals surface area contributed by atoms with E-state index in [4.69, 9.17) is 5.84 Å². The highest BCUT2D eigenvalue weighted by molar-refractivity contribution is 5.86. The summed E-state index contributed by atoms with van der Waals surface area (Å²) in [5, 5.41) is 2.61. The van der Waals surface area contributed by atoms with E-state index in [-0.39, 0.29) is 0 Å². The zero-order valence-corrected chi connectivity index (χ0v) is 9.19. The third-order valence-electron chi connectivity index (χ3n) is 3.43. The maximum Gasteiger partial charge on any atom is 0.0494 e. The SMILES string of the molecule is NNC(c1cccc2ccccc12)C1CC1. The van der Waals surface area contributed by atoms with Crippen molar-refractivity contribution in [2.24, 2.45) is 11.8 Å². The molecule has 0 bridgehead atoms. The minimum absolute atomic E-state index is 0.311. The normalized spacial score (nSPS) is 17.6. The van der Waals surface area contributed by atoms with Crippen molar-refractivity contribution in [2.45, 2.75) is 18.9 Å². The molecule has 3 N–H and O–H groups in total. The van der Waals surface area contributed by atoms with Crippen LogP contribution >= 0.6 is 0 Å². The monoisotopic (exact) mass is 212 g/mol. The van der Waals surface area contributed by atoms with Crippen LogP contribution in [-0.2, 0) is 0 Å². The van der Waals surface area contributed by atoms with Gasteiger partial charge in [-0.05, 0) is 35.1 Å². The fourth-order valence-electron chi connectivity index (χ4n) is 2.43. The first-order valence-electron chi connectivity index (χ1n) is 5.84. The molecule has 82 valence electrons. The van der Waals surface area contributed by atoms with Gasteiger partial charge in [0.1, 0.15) is 0 Å². The highest BCUT2D eigenvalue weighted by atomic mass is 15.2. The Bertz CT molecular complexity index is 498. The molecule has 2 nitrogen and oxygen atoms in total. The average molecular weight is 212 g/mol. The summed E-state index contributed by atoms with van der Waals surface area (Å²) in [5.74, 6) is 6.41. The molecule has 1 fully saturated rings. The van der Waals surface area contributed by atoms with Gasteiger partial charge in [-0.2, -0.15) is 0 Å². The van der Waals surface area contributed by atoms with Crippen LogP contribution in [0, 0.1) is 5.92 Å². The van der Waals surface area contributed by atoms with Gasteiger partial charge in [-0.25, -0.2) is 0 Å². The van der Waals surface area contributed by atoms with Gasteiger partial charge in [0.15, 0.2) is 0 Å². The second kappa shape index (κ2) is 3.89. The lowest BCUT2D eigenvalue weighted by Crippen LogP contribution is -2.29. The highest BCUT2D eigenvalue weighted by Crippen LogP contribution is 2.42. The van der Waals surface area contributed by atoms with Crippen LogP contribution in [0.1, 0.15) is 24.4 Å². The lowest BCUT2D eigenvalue weighted by Gasteiger charge is -2.17. The quantitative estimate of drug-likeness (QED) is 0.606. The van der Waals surface area contributed by atoms with Crippen molar-refractivity contribution < 1.29 is 0 Å². The zero-order chi connectivity index (χ0) is 11.0. The van der Waals surface area contributed by atoms with E-state index in [0.717, 1.165) is 5.92 Å². The van der Waals surface area contributed by atoms with Gasteiger partial charge >= 0.3 is 0 Å². The molecule has 2 aromatic carbocycles. The van der Waals surface area contributed by atoms with Crippen LogP contribution in [0.25, 0.3) is 10.8 Å². The fourth-order valence-corrected chi connectivity index (χ4v) is 2.43. The maximum atomic E-state index is 5.69. The van der Waals surface area contributed by atoms with Crippen LogP contribution in [-0.4, -0.2) is 0 Å². The predicted octanol–water partition coefficient (Wildman–Crippen LogP) is 2.75. The molecule has 3 rings (SSSR count).